The first-order chi connectivity index (χ1) is 9.43. The van der Waals surface area contributed by atoms with E-state index < -0.39 is 12.5 Å². The fraction of sp³-hybridized carbons (Fsp3) is 0.500. The molecule has 0 unspecified atom stereocenters. The van der Waals surface area contributed by atoms with Gasteiger partial charge in [-0.05, 0) is 37.9 Å². The molecule has 0 aromatic heterocycles. The van der Waals surface area contributed by atoms with E-state index in [-0.39, 0.29) is 5.75 Å². The van der Waals surface area contributed by atoms with Gasteiger partial charge in [-0.1, -0.05) is 15.9 Å². The predicted octanol–water partition coefficient (Wildman–Crippen LogP) is 3.89. The van der Waals surface area contributed by atoms with Gasteiger partial charge in [-0.3, -0.25) is 4.90 Å². The molecule has 0 amide bonds. The summed E-state index contributed by atoms with van der Waals surface area (Å²) in [7, 11) is 0. The zero-order valence-electron chi connectivity index (χ0n) is 10.3. The van der Waals surface area contributed by atoms with Crippen LogP contribution in [0.5, 0.6) is 5.75 Å². The Labute approximate surface area is 141 Å². The SMILES string of the molecule is Oc1c(Br)cc(Br)c([C@H](C(F)F)N2CCNCC2)c1Br. The van der Waals surface area contributed by atoms with Gasteiger partial charge in [-0.25, -0.2) is 8.78 Å². The second-order valence-corrected chi connectivity index (χ2v) is 6.98. The van der Waals surface area contributed by atoms with Crippen molar-refractivity contribution in [1.82, 2.24) is 10.2 Å². The fourth-order valence-corrected chi connectivity index (χ4v) is 4.88. The normalized spacial score (nSPS) is 18.5. The molecule has 1 atom stereocenters. The van der Waals surface area contributed by atoms with E-state index in [4.69, 9.17) is 0 Å². The average Bonchev–Trinajstić information content (AvgIpc) is 2.41. The van der Waals surface area contributed by atoms with Crippen molar-refractivity contribution in [2.45, 2.75) is 12.5 Å². The lowest BCUT2D eigenvalue weighted by atomic mass is 10.0. The summed E-state index contributed by atoms with van der Waals surface area (Å²) in [5, 5.41) is 13.1. The van der Waals surface area contributed by atoms with Gasteiger partial charge in [0.25, 0.3) is 6.43 Å². The predicted molar refractivity (Wildman–Crippen MR) is 84.4 cm³/mol. The van der Waals surface area contributed by atoms with Crippen LogP contribution in [0.15, 0.2) is 19.5 Å². The Morgan fingerprint density at radius 3 is 2.30 bits per heavy atom. The van der Waals surface area contributed by atoms with Crippen LogP contribution in [0, 0.1) is 0 Å². The maximum absolute atomic E-state index is 13.6. The van der Waals surface area contributed by atoms with Gasteiger partial charge in [0.1, 0.15) is 5.75 Å². The molecule has 0 spiro atoms. The molecule has 112 valence electrons. The van der Waals surface area contributed by atoms with Gasteiger partial charge in [0.05, 0.1) is 15.0 Å². The molecule has 0 radical (unpaired) electrons. The monoisotopic (exact) mass is 476 g/mol. The highest BCUT2D eigenvalue weighted by molar-refractivity contribution is 9.11. The smallest absolute Gasteiger partial charge is 0.258 e. The summed E-state index contributed by atoms with van der Waals surface area (Å²) >= 11 is 9.74. The molecule has 0 aliphatic carbocycles. The van der Waals surface area contributed by atoms with E-state index in [2.05, 4.69) is 53.1 Å². The molecule has 20 heavy (non-hydrogen) atoms. The van der Waals surface area contributed by atoms with E-state index >= 15 is 0 Å². The number of aromatic hydroxyl groups is 1. The summed E-state index contributed by atoms with van der Waals surface area (Å²) in [4.78, 5) is 1.74. The molecule has 2 rings (SSSR count). The van der Waals surface area contributed by atoms with Gasteiger partial charge < -0.3 is 10.4 Å². The second-order valence-electron chi connectivity index (χ2n) is 4.48. The molecule has 3 nitrogen and oxygen atoms in total. The van der Waals surface area contributed by atoms with E-state index in [0.717, 1.165) is 0 Å². The number of benzene rings is 1. The highest BCUT2D eigenvalue weighted by Gasteiger charge is 2.34. The summed E-state index contributed by atoms with van der Waals surface area (Å²) in [5.74, 6) is -0.0658. The molecule has 1 aromatic rings. The number of nitrogens with one attached hydrogen (secondary N) is 1. The van der Waals surface area contributed by atoms with Crippen molar-refractivity contribution >= 4 is 47.8 Å². The molecule has 0 saturated carbocycles. The molecule has 1 aliphatic rings. The molecule has 1 aliphatic heterocycles. The minimum absolute atomic E-state index is 0.0658. The van der Waals surface area contributed by atoms with Crippen molar-refractivity contribution in [2.75, 3.05) is 26.2 Å². The van der Waals surface area contributed by atoms with Crippen LogP contribution in [0.3, 0.4) is 0 Å². The number of alkyl halides is 2. The largest absolute Gasteiger partial charge is 0.506 e. The molecule has 0 bridgehead atoms. The molecule has 8 heteroatoms. The number of phenols is 1. The Morgan fingerprint density at radius 1 is 1.15 bits per heavy atom. The van der Waals surface area contributed by atoms with Gasteiger partial charge >= 0.3 is 0 Å². The molecule has 1 aromatic carbocycles. The van der Waals surface area contributed by atoms with E-state index in [1.54, 1.807) is 11.0 Å². The van der Waals surface area contributed by atoms with E-state index in [1.165, 1.54) is 0 Å². The first kappa shape index (κ1) is 16.6. The molecular weight excluding hydrogens is 466 g/mol. The number of rotatable bonds is 3. The van der Waals surface area contributed by atoms with Crippen LogP contribution >= 0.6 is 47.8 Å². The summed E-state index contributed by atoms with van der Waals surface area (Å²) in [6.45, 7) is 2.46. The Balaban J connectivity index is 2.46. The first-order valence-electron chi connectivity index (χ1n) is 6.02. The standard InChI is InChI=1S/C12H13Br3F2N2O/c13-6-5-7(14)11(20)9(15)8(6)10(12(16)17)19-3-1-18-2-4-19/h5,10,12,18,20H,1-4H2/t10-/m1/s1. The third-order valence-corrected chi connectivity index (χ3v) is 5.32. The maximum atomic E-state index is 13.6. The van der Waals surface area contributed by atoms with Crippen molar-refractivity contribution in [3.63, 3.8) is 0 Å². The average molecular weight is 479 g/mol. The van der Waals surface area contributed by atoms with E-state index in [9.17, 15) is 13.9 Å². The zero-order valence-corrected chi connectivity index (χ0v) is 15.1. The van der Waals surface area contributed by atoms with Crippen molar-refractivity contribution in [1.29, 1.82) is 0 Å². The van der Waals surface area contributed by atoms with Crippen LogP contribution in [0.2, 0.25) is 0 Å². The quantitative estimate of drug-likeness (QED) is 0.692. The number of hydrogen-bond acceptors (Lipinski definition) is 3. The van der Waals surface area contributed by atoms with Gasteiger partial charge in [0.15, 0.2) is 0 Å². The number of halogens is 5. The number of piperazine rings is 1. The van der Waals surface area contributed by atoms with Crippen molar-refractivity contribution in [2.24, 2.45) is 0 Å². The number of hydrogen-bond donors (Lipinski definition) is 2. The van der Waals surface area contributed by atoms with E-state index in [0.29, 0.717) is 45.2 Å². The lowest BCUT2D eigenvalue weighted by Crippen LogP contribution is -2.47. The van der Waals surface area contributed by atoms with Crippen LogP contribution in [-0.2, 0) is 0 Å². The Hall–Kier alpha value is 0.240. The molecule has 1 fully saturated rings. The molecule has 2 N–H and O–H groups in total. The van der Waals surface area contributed by atoms with Crippen LogP contribution < -0.4 is 5.32 Å². The zero-order chi connectivity index (χ0) is 14.9. The summed E-state index contributed by atoms with van der Waals surface area (Å²) in [6.07, 6.45) is -2.54. The van der Waals surface area contributed by atoms with Crippen LogP contribution in [0.1, 0.15) is 11.6 Å². The Kier molecular flexibility index (Phi) is 5.81. The minimum Gasteiger partial charge on any atom is -0.506 e. The van der Waals surface area contributed by atoms with Crippen LogP contribution in [0.4, 0.5) is 8.78 Å². The van der Waals surface area contributed by atoms with Gasteiger partial charge in [-0.2, -0.15) is 0 Å². The van der Waals surface area contributed by atoms with Crippen LogP contribution in [-0.4, -0.2) is 42.6 Å². The van der Waals surface area contributed by atoms with Gasteiger partial charge in [0, 0.05) is 36.2 Å². The minimum atomic E-state index is -2.54. The second kappa shape index (κ2) is 7.00. The third-order valence-electron chi connectivity index (χ3n) is 3.26. The lowest BCUT2D eigenvalue weighted by molar-refractivity contribution is 0.0174. The van der Waals surface area contributed by atoms with E-state index in [1.807, 2.05) is 0 Å². The van der Waals surface area contributed by atoms with Gasteiger partial charge in [-0.15, -0.1) is 0 Å². The van der Waals surface area contributed by atoms with Crippen molar-refractivity contribution < 1.29 is 13.9 Å². The lowest BCUT2D eigenvalue weighted by Gasteiger charge is -2.35. The third kappa shape index (κ3) is 3.35. The topological polar surface area (TPSA) is 35.5 Å². The Morgan fingerprint density at radius 2 is 1.75 bits per heavy atom. The molecular formula is C12H13Br3F2N2O. The number of phenolic OH excluding ortho intramolecular Hbond substituents is 1. The Bertz CT molecular complexity index is 496. The first-order valence-corrected chi connectivity index (χ1v) is 8.40. The van der Waals surface area contributed by atoms with Crippen molar-refractivity contribution in [3.8, 4) is 5.75 Å². The van der Waals surface area contributed by atoms with Crippen molar-refractivity contribution in [3.05, 3.63) is 25.0 Å². The molecule has 1 heterocycles. The number of nitrogens with zero attached hydrogens (tertiary/aromatic N) is 1. The summed E-state index contributed by atoms with van der Waals surface area (Å²) < 4.78 is 28.4. The highest BCUT2D eigenvalue weighted by Crippen LogP contribution is 2.45. The van der Waals surface area contributed by atoms with Crippen LogP contribution in [0.25, 0.3) is 0 Å². The maximum Gasteiger partial charge on any atom is 0.258 e. The summed E-state index contributed by atoms with van der Waals surface area (Å²) in [5.41, 5.74) is 0.377. The fourth-order valence-electron chi connectivity index (χ4n) is 2.29. The molecule has 1 saturated heterocycles. The van der Waals surface area contributed by atoms with Gasteiger partial charge in [0.2, 0.25) is 0 Å². The highest BCUT2D eigenvalue weighted by atomic mass is 79.9. The summed E-state index contributed by atoms with van der Waals surface area (Å²) in [6, 6.07) is 0.535.